The monoisotopic (exact) mass is 270 g/mol. The van der Waals surface area contributed by atoms with E-state index in [9.17, 15) is 9.59 Å². The molecule has 0 fully saturated rings. The van der Waals surface area contributed by atoms with Crippen molar-refractivity contribution in [2.75, 3.05) is 7.11 Å². The van der Waals surface area contributed by atoms with Crippen molar-refractivity contribution >= 4 is 12.2 Å². The average molecular weight is 270 g/mol. The molecule has 1 aromatic heterocycles. The molecule has 0 aliphatic rings. The Labute approximate surface area is 116 Å². The van der Waals surface area contributed by atoms with Crippen LogP contribution >= 0.6 is 0 Å². The molecule has 0 aliphatic heterocycles. The molecule has 0 bridgehead atoms. The first-order chi connectivity index (χ1) is 9.72. The third-order valence-corrected chi connectivity index (χ3v) is 2.76. The van der Waals surface area contributed by atoms with E-state index >= 15 is 0 Å². The summed E-state index contributed by atoms with van der Waals surface area (Å²) in [6.07, 6.45) is 2.12. The molecular formula is C15H14N2O3. The van der Waals surface area contributed by atoms with E-state index in [1.165, 1.54) is 12.3 Å². The molecule has 102 valence electrons. The summed E-state index contributed by atoms with van der Waals surface area (Å²) in [5, 5.41) is 2.75. The fraction of sp³-hybridized carbons (Fsp3) is 0.133. The van der Waals surface area contributed by atoms with Crippen LogP contribution in [0.2, 0.25) is 0 Å². The van der Waals surface area contributed by atoms with Crippen LogP contribution in [0.1, 0.15) is 26.4 Å². The second-order valence-corrected chi connectivity index (χ2v) is 4.12. The van der Waals surface area contributed by atoms with Crippen molar-refractivity contribution in [2.24, 2.45) is 0 Å². The zero-order valence-corrected chi connectivity index (χ0v) is 11.0. The standard InChI is InChI=1S/C15H14N2O3/c1-20-13-4-2-11(3-5-13)9-17-15(19)14-8-12(10-18)6-7-16-14/h2-8,10H,9H2,1H3,(H,17,19). The molecule has 2 aromatic rings. The molecule has 0 spiro atoms. The van der Waals surface area contributed by atoms with E-state index in [-0.39, 0.29) is 11.6 Å². The minimum Gasteiger partial charge on any atom is -0.497 e. The van der Waals surface area contributed by atoms with Crippen LogP contribution < -0.4 is 10.1 Å². The van der Waals surface area contributed by atoms with E-state index < -0.39 is 0 Å². The van der Waals surface area contributed by atoms with Crippen LogP contribution in [0.4, 0.5) is 0 Å². The van der Waals surface area contributed by atoms with Gasteiger partial charge in [-0.15, -0.1) is 0 Å². The summed E-state index contributed by atoms with van der Waals surface area (Å²) in [6, 6.07) is 10.4. The highest BCUT2D eigenvalue weighted by Gasteiger charge is 2.07. The van der Waals surface area contributed by atoms with E-state index in [1.54, 1.807) is 13.2 Å². The molecule has 5 heteroatoms. The molecule has 1 aromatic carbocycles. The number of benzene rings is 1. The maximum Gasteiger partial charge on any atom is 0.270 e. The van der Waals surface area contributed by atoms with Crippen LogP contribution in [-0.4, -0.2) is 24.3 Å². The number of carbonyl (C=O) groups excluding carboxylic acids is 2. The number of carbonyl (C=O) groups is 2. The van der Waals surface area contributed by atoms with Gasteiger partial charge in [-0.05, 0) is 29.8 Å². The van der Waals surface area contributed by atoms with E-state index in [0.717, 1.165) is 11.3 Å². The number of aromatic nitrogens is 1. The van der Waals surface area contributed by atoms with Crippen LogP contribution in [0.3, 0.4) is 0 Å². The third-order valence-electron chi connectivity index (χ3n) is 2.76. The molecule has 0 saturated carbocycles. The Balaban J connectivity index is 1.98. The molecule has 0 unspecified atom stereocenters. The van der Waals surface area contributed by atoms with Gasteiger partial charge in [0, 0.05) is 18.3 Å². The number of amides is 1. The molecule has 1 amide bonds. The molecule has 0 saturated heterocycles. The number of methoxy groups -OCH3 is 1. The number of rotatable bonds is 5. The zero-order chi connectivity index (χ0) is 14.4. The lowest BCUT2D eigenvalue weighted by Gasteiger charge is -2.06. The van der Waals surface area contributed by atoms with Gasteiger partial charge in [0.15, 0.2) is 0 Å². The summed E-state index contributed by atoms with van der Waals surface area (Å²) in [5.41, 5.74) is 1.60. The fourth-order valence-electron chi connectivity index (χ4n) is 1.66. The van der Waals surface area contributed by atoms with E-state index in [1.807, 2.05) is 24.3 Å². The molecule has 1 N–H and O–H groups in total. The van der Waals surface area contributed by atoms with Crippen molar-refractivity contribution in [3.05, 3.63) is 59.4 Å². The van der Waals surface area contributed by atoms with Gasteiger partial charge in [0.05, 0.1) is 7.11 Å². The second-order valence-electron chi connectivity index (χ2n) is 4.12. The van der Waals surface area contributed by atoms with Crippen LogP contribution in [0.5, 0.6) is 5.75 Å². The van der Waals surface area contributed by atoms with Crippen molar-refractivity contribution < 1.29 is 14.3 Å². The lowest BCUT2D eigenvalue weighted by molar-refractivity contribution is 0.0946. The number of nitrogens with zero attached hydrogens (tertiary/aromatic N) is 1. The zero-order valence-electron chi connectivity index (χ0n) is 11.0. The Morgan fingerprint density at radius 2 is 2.05 bits per heavy atom. The topological polar surface area (TPSA) is 68.3 Å². The van der Waals surface area contributed by atoms with Crippen molar-refractivity contribution in [1.29, 1.82) is 0 Å². The number of ether oxygens (including phenoxy) is 1. The quantitative estimate of drug-likeness (QED) is 0.842. The lowest BCUT2D eigenvalue weighted by Crippen LogP contribution is -2.23. The minimum atomic E-state index is -0.315. The summed E-state index contributed by atoms with van der Waals surface area (Å²) < 4.78 is 5.06. The highest BCUT2D eigenvalue weighted by molar-refractivity contribution is 5.93. The Morgan fingerprint density at radius 1 is 1.30 bits per heavy atom. The number of pyridine rings is 1. The minimum absolute atomic E-state index is 0.225. The van der Waals surface area contributed by atoms with Gasteiger partial charge in [-0.3, -0.25) is 14.6 Å². The van der Waals surface area contributed by atoms with Crippen molar-refractivity contribution in [2.45, 2.75) is 6.54 Å². The van der Waals surface area contributed by atoms with Crippen LogP contribution in [0, 0.1) is 0 Å². The third kappa shape index (κ3) is 3.41. The van der Waals surface area contributed by atoms with Crippen molar-refractivity contribution in [1.82, 2.24) is 10.3 Å². The summed E-state index contributed by atoms with van der Waals surface area (Å²) in [5.74, 6) is 0.449. The molecule has 0 aliphatic carbocycles. The van der Waals surface area contributed by atoms with Crippen LogP contribution in [0.25, 0.3) is 0 Å². The first-order valence-electron chi connectivity index (χ1n) is 6.05. The Kier molecular flexibility index (Phi) is 4.44. The van der Waals surface area contributed by atoms with Gasteiger partial charge in [-0.25, -0.2) is 0 Å². The summed E-state index contributed by atoms with van der Waals surface area (Å²) >= 11 is 0. The predicted octanol–water partition coefficient (Wildman–Crippen LogP) is 1.83. The van der Waals surface area contributed by atoms with Gasteiger partial charge in [0.1, 0.15) is 17.7 Å². The van der Waals surface area contributed by atoms with E-state index in [4.69, 9.17) is 4.74 Å². The SMILES string of the molecule is COc1ccc(CNC(=O)c2cc(C=O)ccn2)cc1. The number of hydrogen-bond donors (Lipinski definition) is 1. The molecule has 2 rings (SSSR count). The summed E-state index contributed by atoms with van der Waals surface area (Å²) in [6.45, 7) is 0.385. The first-order valence-corrected chi connectivity index (χ1v) is 6.05. The van der Waals surface area contributed by atoms with Gasteiger partial charge >= 0.3 is 0 Å². The van der Waals surface area contributed by atoms with Gasteiger partial charge in [0.25, 0.3) is 5.91 Å². The van der Waals surface area contributed by atoms with Crippen LogP contribution in [-0.2, 0) is 6.54 Å². The normalized spacial score (nSPS) is 9.85. The van der Waals surface area contributed by atoms with Gasteiger partial charge < -0.3 is 10.1 Å². The Hall–Kier alpha value is -2.69. The smallest absolute Gasteiger partial charge is 0.270 e. The molecule has 20 heavy (non-hydrogen) atoms. The highest BCUT2D eigenvalue weighted by atomic mass is 16.5. The Bertz CT molecular complexity index is 609. The summed E-state index contributed by atoms with van der Waals surface area (Å²) in [4.78, 5) is 26.5. The van der Waals surface area contributed by atoms with E-state index in [2.05, 4.69) is 10.3 Å². The van der Waals surface area contributed by atoms with Crippen molar-refractivity contribution in [3.63, 3.8) is 0 Å². The molecular weight excluding hydrogens is 256 g/mol. The molecule has 1 heterocycles. The van der Waals surface area contributed by atoms with Gasteiger partial charge in [-0.1, -0.05) is 12.1 Å². The van der Waals surface area contributed by atoms with Gasteiger partial charge in [0.2, 0.25) is 0 Å². The average Bonchev–Trinajstić information content (AvgIpc) is 2.53. The van der Waals surface area contributed by atoms with Crippen LogP contribution in [0.15, 0.2) is 42.6 Å². The first kappa shape index (κ1) is 13.7. The number of nitrogens with one attached hydrogen (secondary N) is 1. The second kappa shape index (κ2) is 6.47. The maximum atomic E-state index is 11.9. The maximum absolute atomic E-state index is 11.9. The molecule has 0 atom stereocenters. The predicted molar refractivity (Wildman–Crippen MR) is 73.8 cm³/mol. The fourth-order valence-corrected chi connectivity index (χ4v) is 1.66. The lowest BCUT2D eigenvalue weighted by atomic mass is 10.2. The summed E-state index contributed by atoms with van der Waals surface area (Å²) in [7, 11) is 1.60. The highest BCUT2D eigenvalue weighted by Crippen LogP contribution is 2.11. The Morgan fingerprint density at radius 3 is 2.70 bits per heavy atom. The van der Waals surface area contributed by atoms with Gasteiger partial charge in [-0.2, -0.15) is 0 Å². The molecule has 0 radical (unpaired) electrons. The largest absolute Gasteiger partial charge is 0.497 e. The number of aldehydes is 1. The molecule has 5 nitrogen and oxygen atoms in total. The number of hydrogen-bond acceptors (Lipinski definition) is 4. The van der Waals surface area contributed by atoms with E-state index in [0.29, 0.717) is 18.4 Å². The van der Waals surface area contributed by atoms with Crippen molar-refractivity contribution in [3.8, 4) is 5.75 Å².